The minimum absolute atomic E-state index is 0.0676. The van der Waals surface area contributed by atoms with Crippen molar-refractivity contribution in [3.63, 3.8) is 0 Å². The largest absolute Gasteiger partial charge is 0.496 e. The van der Waals surface area contributed by atoms with E-state index in [4.69, 9.17) is 14.6 Å². The van der Waals surface area contributed by atoms with Gasteiger partial charge in [0.25, 0.3) is 0 Å². The SMILES string of the molecule is COc1ccc(CN2CCOC(CC(=O)O)C2)cc1C. The lowest BCUT2D eigenvalue weighted by atomic mass is 10.1. The van der Waals surface area contributed by atoms with Crippen LogP contribution in [0.5, 0.6) is 5.75 Å². The Morgan fingerprint density at radius 1 is 1.55 bits per heavy atom. The van der Waals surface area contributed by atoms with E-state index in [9.17, 15) is 4.79 Å². The summed E-state index contributed by atoms with van der Waals surface area (Å²) in [5, 5.41) is 8.82. The molecule has 1 fully saturated rings. The van der Waals surface area contributed by atoms with Crippen LogP contribution >= 0.6 is 0 Å². The number of rotatable bonds is 5. The number of carboxylic acid groups (broad SMARTS) is 1. The number of aryl methyl sites for hydroxylation is 1. The molecule has 0 radical (unpaired) electrons. The minimum atomic E-state index is -0.808. The number of hydrogen-bond donors (Lipinski definition) is 1. The molecule has 110 valence electrons. The molecular weight excluding hydrogens is 258 g/mol. The predicted octanol–water partition coefficient (Wildman–Crippen LogP) is 1.68. The Hall–Kier alpha value is -1.59. The van der Waals surface area contributed by atoms with Gasteiger partial charge in [-0.25, -0.2) is 0 Å². The highest BCUT2D eigenvalue weighted by Gasteiger charge is 2.22. The molecule has 1 aromatic carbocycles. The van der Waals surface area contributed by atoms with Crippen LogP contribution in [0.15, 0.2) is 18.2 Å². The molecule has 0 amide bonds. The highest BCUT2D eigenvalue weighted by molar-refractivity contribution is 5.67. The van der Waals surface area contributed by atoms with Crippen LogP contribution in [0.1, 0.15) is 17.5 Å². The molecule has 5 heteroatoms. The van der Waals surface area contributed by atoms with Crippen LogP contribution in [0.3, 0.4) is 0 Å². The monoisotopic (exact) mass is 279 g/mol. The van der Waals surface area contributed by atoms with Crippen molar-refractivity contribution in [1.82, 2.24) is 4.90 Å². The summed E-state index contributed by atoms with van der Waals surface area (Å²) in [6.45, 7) is 4.92. The zero-order valence-corrected chi connectivity index (χ0v) is 12.0. The summed E-state index contributed by atoms with van der Waals surface area (Å²) in [6.07, 6.45) is -0.140. The molecule has 1 unspecified atom stereocenters. The van der Waals surface area contributed by atoms with Gasteiger partial charge in [-0.2, -0.15) is 0 Å². The second-order valence-electron chi connectivity index (χ2n) is 5.13. The third kappa shape index (κ3) is 3.95. The first kappa shape index (κ1) is 14.8. The normalized spacial score (nSPS) is 19.8. The Morgan fingerprint density at radius 3 is 3.00 bits per heavy atom. The number of morpholine rings is 1. The third-order valence-electron chi connectivity index (χ3n) is 3.49. The van der Waals surface area contributed by atoms with E-state index in [-0.39, 0.29) is 12.5 Å². The maximum atomic E-state index is 10.7. The first-order chi connectivity index (χ1) is 9.58. The van der Waals surface area contributed by atoms with Gasteiger partial charge in [0, 0.05) is 19.6 Å². The molecule has 0 saturated carbocycles. The number of nitrogens with zero attached hydrogens (tertiary/aromatic N) is 1. The van der Waals surface area contributed by atoms with E-state index in [0.717, 1.165) is 24.4 Å². The maximum absolute atomic E-state index is 10.7. The molecule has 0 aliphatic carbocycles. The van der Waals surface area contributed by atoms with Gasteiger partial charge in [0.05, 0.1) is 26.2 Å². The van der Waals surface area contributed by atoms with Gasteiger partial charge in [-0.05, 0) is 24.1 Å². The summed E-state index contributed by atoms with van der Waals surface area (Å²) in [4.78, 5) is 13.0. The lowest BCUT2D eigenvalue weighted by molar-refractivity contribution is -0.142. The fraction of sp³-hybridized carbons (Fsp3) is 0.533. The number of carbonyl (C=O) groups is 1. The second kappa shape index (κ2) is 6.72. The molecule has 0 bridgehead atoms. The first-order valence-corrected chi connectivity index (χ1v) is 6.77. The summed E-state index contributed by atoms with van der Waals surface area (Å²) in [5.74, 6) is 0.0802. The Kier molecular flexibility index (Phi) is 4.98. The smallest absolute Gasteiger partial charge is 0.306 e. The summed E-state index contributed by atoms with van der Waals surface area (Å²) in [7, 11) is 1.67. The zero-order chi connectivity index (χ0) is 14.5. The molecule has 5 nitrogen and oxygen atoms in total. The highest BCUT2D eigenvalue weighted by Crippen LogP contribution is 2.20. The predicted molar refractivity (Wildman–Crippen MR) is 75.0 cm³/mol. The third-order valence-corrected chi connectivity index (χ3v) is 3.49. The van der Waals surface area contributed by atoms with E-state index in [1.54, 1.807) is 7.11 Å². The number of hydrogen-bond acceptors (Lipinski definition) is 4. The Morgan fingerprint density at radius 2 is 2.35 bits per heavy atom. The topological polar surface area (TPSA) is 59.0 Å². The maximum Gasteiger partial charge on any atom is 0.306 e. The average molecular weight is 279 g/mol. The van der Waals surface area contributed by atoms with E-state index >= 15 is 0 Å². The molecule has 2 rings (SSSR count). The molecule has 1 saturated heterocycles. The fourth-order valence-electron chi connectivity index (χ4n) is 2.54. The van der Waals surface area contributed by atoms with Gasteiger partial charge in [-0.15, -0.1) is 0 Å². The molecule has 0 aromatic heterocycles. The highest BCUT2D eigenvalue weighted by atomic mass is 16.5. The summed E-state index contributed by atoms with van der Waals surface area (Å²) in [6, 6.07) is 6.13. The molecule has 1 aliphatic rings. The van der Waals surface area contributed by atoms with E-state index in [1.807, 2.05) is 19.1 Å². The molecular formula is C15H21NO4. The van der Waals surface area contributed by atoms with Crippen molar-refractivity contribution >= 4 is 5.97 Å². The van der Waals surface area contributed by atoms with E-state index in [0.29, 0.717) is 13.2 Å². The van der Waals surface area contributed by atoms with Crippen molar-refractivity contribution in [2.24, 2.45) is 0 Å². The van der Waals surface area contributed by atoms with Crippen molar-refractivity contribution in [2.75, 3.05) is 26.8 Å². The minimum Gasteiger partial charge on any atom is -0.496 e. The van der Waals surface area contributed by atoms with Gasteiger partial charge in [0.2, 0.25) is 0 Å². The van der Waals surface area contributed by atoms with Crippen molar-refractivity contribution in [2.45, 2.75) is 26.0 Å². The summed E-state index contributed by atoms with van der Waals surface area (Å²) < 4.78 is 10.7. The molecule has 0 spiro atoms. The molecule has 20 heavy (non-hydrogen) atoms. The second-order valence-corrected chi connectivity index (χ2v) is 5.13. The average Bonchev–Trinajstić information content (AvgIpc) is 2.38. The van der Waals surface area contributed by atoms with Gasteiger partial charge in [-0.1, -0.05) is 12.1 Å². The zero-order valence-electron chi connectivity index (χ0n) is 12.0. The number of benzene rings is 1. The first-order valence-electron chi connectivity index (χ1n) is 6.77. The van der Waals surface area contributed by atoms with Crippen molar-refractivity contribution in [3.05, 3.63) is 29.3 Å². The quantitative estimate of drug-likeness (QED) is 0.888. The number of aliphatic carboxylic acids is 1. The Bertz CT molecular complexity index is 475. The van der Waals surface area contributed by atoms with Gasteiger partial charge < -0.3 is 14.6 Å². The van der Waals surface area contributed by atoms with Gasteiger partial charge in [0.15, 0.2) is 0 Å². The lowest BCUT2D eigenvalue weighted by Gasteiger charge is -2.32. The fourth-order valence-corrected chi connectivity index (χ4v) is 2.54. The molecule has 1 atom stereocenters. The summed E-state index contributed by atoms with van der Waals surface area (Å²) >= 11 is 0. The Labute approximate surface area is 119 Å². The van der Waals surface area contributed by atoms with E-state index < -0.39 is 5.97 Å². The number of carboxylic acids is 1. The summed E-state index contributed by atoms with van der Waals surface area (Å²) in [5.41, 5.74) is 2.32. The van der Waals surface area contributed by atoms with Crippen molar-refractivity contribution < 1.29 is 19.4 Å². The van der Waals surface area contributed by atoms with E-state index in [1.165, 1.54) is 5.56 Å². The van der Waals surface area contributed by atoms with Gasteiger partial charge >= 0.3 is 5.97 Å². The molecule has 1 aliphatic heterocycles. The number of methoxy groups -OCH3 is 1. The van der Waals surface area contributed by atoms with Crippen LogP contribution in [0.4, 0.5) is 0 Å². The van der Waals surface area contributed by atoms with Crippen molar-refractivity contribution in [1.29, 1.82) is 0 Å². The van der Waals surface area contributed by atoms with Crippen LogP contribution in [-0.2, 0) is 16.1 Å². The van der Waals surface area contributed by atoms with Gasteiger partial charge in [-0.3, -0.25) is 9.69 Å². The van der Waals surface area contributed by atoms with Gasteiger partial charge in [0.1, 0.15) is 5.75 Å². The van der Waals surface area contributed by atoms with Crippen LogP contribution < -0.4 is 4.74 Å². The lowest BCUT2D eigenvalue weighted by Crippen LogP contribution is -2.42. The number of ether oxygens (including phenoxy) is 2. The standard InChI is InChI=1S/C15H21NO4/c1-11-7-12(3-4-14(11)19-2)9-16-5-6-20-13(10-16)8-15(17)18/h3-4,7,13H,5-6,8-10H2,1-2H3,(H,17,18). The van der Waals surface area contributed by atoms with Crippen LogP contribution in [-0.4, -0.2) is 48.9 Å². The Balaban J connectivity index is 1.95. The van der Waals surface area contributed by atoms with Crippen molar-refractivity contribution in [3.8, 4) is 5.75 Å². The van der Waals surface area contributed by atoms with Crippen LogP contribution in [0.2, 0.25) is 0 Å². The molecule has 1 heterocycles. The van der Waals surface area contributed by atoms with E-state index in [2.05, 4.69) is 11.0 Å². The molecule has 1 aromatic rings. The van der Waals surface area contributed by atoms with Crippen LogP contribution in [0.25, 0.3) is 0 Å². The van der Waals surface area contributed by atoms with Crippen LogP contribution in [0, 0.1) is 6.92 Å². The molecule has 1 N–H and O–H groups in total.